The van der Waals surface area contributed by atoms with Crippen LogP contribution in [0.4, 0.5) is 26.3 Å². The van der Waals surface area contributed by atoms with E-state index in [-0.39, 0.29) is 5.75 Å². The molecule has 0 saturated heterocycles. The van der Waals surface area contributed by atoms with Crippen LogP contribution in [-0.2, 0) is 0 Å². The molecule has 1 aromatic carbocycles. The molecule has 0 unspecified atom stereocenters. The van der Waals surface area contributed by atoms with Gasteiger partial charge in [-0.2, -0.15) is 22.0 Å². The van der Waals surface area contributed by atoms with Gasteiger partial charge in [0.2, 0.25) is 0 Å². The Morgan fingerprint density at radius 2 is 1.53 bits per heavy atom. The molecule has 1 rings (SSSR count). The van der Waals surface area contributed by atoms with E-state index in [9.17, 15) is 26.3 Å². The zero-order valence-corrected chi connectivity index (χ0v) is 8.35. The molecule has 0 aliphatic rings. The minimum atomic E-state index is -5.61. The minimum Gasteiger partial charge on any atom is -0.487 e. The standard InChI is InChI=1S/C10H8F6O/c11-8(10(14,15)16)9(12,13)6-17-7-4-2-1-3-5-7/h1-5,8H,6H2/t8-/m1/s1. The zero-order chi connectivity index (χ0) is 13.1. The van der Waals surface area contributed by atoms with Gasteiger partial charge in [0.05, 0.1) is 0 Å². The summed E-state index contributed by atoms with van der Waals surface area (Å²) < 4.78 is 77.7. The lowest BCUT2D eigenvalue weighted by Crippen LogP contribution is -2.45. The fraction of sp³-hybridized carbons (Fsp3) is 0.400. The monoisotopic (exact) mass is 258 g/mol. The van der Waals surface area contributed by atoms with Gasteiger partial charge >= 0.3 is 12.1 Å². The van der Waals surface area contributed by atoms with Gasteiger partial charge in [0.15, 0.2) is 6.61 Å². The molecule has 0 spiro atoms. The van der Waals surface area contributed by atoms with Gasteiger partial charge in [-0.15, -0.1) is 0 Å². The maximum absolute atomic E-state index is 12.8. The van der Waals surface area contributed by atoms with Gasteiger partial charge in [0, 0.05) is 0 Å². The molecule has 0 saturated carbocycles. The van der Waals surface area contributed by atoms with Crippen LogP contribution in [0.1, 0.15) is 0 Å². The fourth-order valence-electron chi connectivity index (χ4n) is 1.01. The summed E-state index contributed by atoms with van der Waals surface area (Å²) in [5.74, 6) is -4.67. The van der Waals surface area contributed by atoms with Gasteiger partial charge in [-0.3, -0.25) is 0 Å². The van der Waals surface area contributed by atoms with Gasteiger partial charge in [0.1, 0.15) is 5.75 Å². The molecule has 0 fully saturated rings. The summed E-state index contributed by atoms with van der Waals surface area (Å²) in [5, 5.41) is 0. The van der Waals surface area contributed by atoms with Crippen LogP contribution in [0.5, 0.6) is 5.75 Å². The third-order valence-electron chi connectivity index (χ3n) is 1.83. The van der Waals surface area contributed by atoms with Crippen LogP contribution in [0.3, 0.4) is 0 Å². The van der Waals surface area contributed by atoms with Gasteiger partial charge < -0.3 is 4.74 Å². The predicted octanol–water partition coefficient (Wildman–Crippen LogP) is 3.60. The molecule has 0 bridgehead atoms. The summed E-state index contributed by atoms with van der Waals surface area (Å²) in [6.07, 6.45) is -9.84. The molecule has 0 amide bonds. The topological polar surface area (TPSA) is 9.23 Å². The predicted molar refractivity (Wildman–Crippen MR) is 47.8 cm³/mol. The van der Waals surface area contributed by atoms with Gasteiger partial charge in [-0.25, -0.2) is 4.39 Å². The van der Waals surface area contributed by atoms with Crippen LogP contribution in [0.25, 0.3) is 0 Å². The average molecular weight is 258 g/mol. The zero-order valence-electron chi connectivity index (χ0n) is 8.35. The molecular weight excluding hydrogens is 250 g/mol. The molecule has 0 aromatic heterocycles. The van der Waals surface area contributed by atoms with Crippen LogP contribution < -0.4 is 4.74 Å². The van der Waals surface area contributed by atoms with Crippen LogP contribution in [-0.4, -0.2) is 24.9 Å². The minimum absolute atomic E-state index is 0.0541. The second-order valence-corrected chi connectivity index (χ2v) is 3.27. The number of hydrogen-bond donors (Lipinski definition) is 0. The van der Waals surface area contributed by atoms with Crippen molar-refractivity contribution in [2.45, 2.75) is 18.3 Å². The van der Waals surface area contributed by atoms with E-state index >= 15 is 0 Å². The second-order valence-electron chi connectivity index (χ2n) is 3.27. The van der Waals surface area contributed by atoms with Crippen molar-refractivity contribution >= 4 is 0 Å². The molecule has 0 aliphatic heterocycles. The molecule has 0 radical (unpaired) electrons. The van der Waals surface area contributed by atoms with Crippen molar-refractivity contribution < 1.29 is 31.1 Å². The summed E-state index contributed by atoms with van der Waals surface area (Å²) in [7, 11) is 0. The summed E-state index contributed by atoms with van der Waals surface area (Å²) in [6.45, 7) is -1.67. The summed E-state index contributed by atoms with van der Waals surface area (Å²) in [4.78, 5) is 0. The molecule has 17 heavy (non-hydrogen) atoms. The largest absolute Gasteiger partial charge is 0.487 e. The highest BCUT2D eigenvalue weighted by Crippen LogP contribution is 2.35. The molecule has 0 N–H and O–H groups in total. The summed E-state index contributed by atoms with van der Waals surface area (Å²) >= 11 is 0. The van der Waals surface area contributed by atoms with Crippen LogP contribution in [0, 0.1) is 0 Å². The summed E-state index contributed by atoms with van der Waals surface area (Å²) in [5.41, 5.74) is 0. The summed E-state index contributed by atoms with van der Waals surface area (Å²) in [6, 6.07) is 7.01. The number of alkyl halides is 6. The Kier molecular flexibility index (Phi) is 3.90. The van der Waals surface area contributed by atoms with E-state index in [2.05, 4.69) is 4.74 Å². The van der Waals surface area contributed by atoms with E-state index in [0.29, 0.717) is 0 Å². The Bertz CT molecular complexity index is 348. The van der Waals surface area contributed by atoms with Crippen molar-refractivity contribution in [3.8, 4) is 5.75 Å². The normalized spacial score (nSPS) is 14.5. The van der Waals surface area contributed by atoms with Gasteiger partial charge in [-0.1, -0.05) is 18.2 Å². The van der Waals surface area contributed by atoms with E-state index in [0.717, 1.165) is 0 Å². The molecule has 1 aromatic rings. The highest BCUT2D eigenvalue weighted by atomic mass is 19.4. The van der Waals surface area contributed by atoms with Crippen molar-refractivity contribution in [3.63, 3.8) is 0 Å². The van der Waals surface area contributed by atoms with Crippen molar-refractivity contribution in [2.75, 3.05) is 6.61 Å². The first kappa shape index (κ1) is 13.7. The average Bonchev–Trinajstić information content (AvgIpc) is 2.26. The van der Waals surface area contributed by atoms with Crippen molar-refractivity contribution in [2.24, 2.45) is 0 Å². The molecule has 1 nitrogen and oxygen atoms in total. The number of hydrogen-bond acceptors (Lipinski definition) is 1. The van der Waals surface area contributed by atoms with E-state index in [1.807, 2.05) is 0 Å². The molecule has 0 heterocycles. The Morgan fingerprint density at radius 1 is 1.00 bits per heavy atom. The Balaban J connectivity index is 2.62. The Labute approximate surface area is 93.0 Å². The molecule has 0 aliphatic carbocycles. The number of para-hydroxylation sites is 1. The van der Waals surface area contributed by atoms with E-state index in [1.165, 1.54) is 24.3 Å². The van der Waals surface area contributed by atoms with Crippen molar-refractivity contribution in [3.05, 3.63) is 30.3 Å². The van der Waals surface area contributed by atoms with Crippen LogP contribution in [0.2, 0.25) is 0 Å². The first-order valence-corrected chi connectivity index (χ1v) is 4.50. The Hall–Kier alpha value is -1.40. The number of rotatable bonds is 4. The lowest BCUT2D eigenvalue weighted by atomic mass is 10.2. The van der Waals surface area contributed by atoms with Crippen LogP contribution in [0.15, 0.2) is 30.3 Å². The first-order chi connectivity index (χ1) is 7.73. The highest BCUT2D eigenvalue weighted by molar-refractivity contribution is 5.21. The lowest BCUT2D eigenvalue weighted by molar-refractivity contribution is -0.250. The Morgan fingerprint density at radius 3 is 2.00 bits per heavy atom. The third kappa shape index (κ3) is 3.83. The van der Waals surface area contributed by atoms with Crippen molar-refractivity contribution in [1.82, 2.24) is 0 Å². The van der Waals surface area contributed by atoms with E-state index in [1.54, 1.807) is 6.07 Å². The number of benzene rings is 1. The van der Waals surface area contributed by atoms with Crippen LogP contribution >= 0.6 is 0 Å². The number of ether oxygens (including phenoxy) is 1. The van der Waals surface area contributed by atoms with Crippen molar-refractivity contribution in [1.29, 1.82) is 0 Å². The second kappa shape index (κ2) is 4.85. The maximum atomic E-state index is 12.8. The lowest BCUT2D eigenvalue weighted by Gasteiger charge is -2.22. The van der Waals surface area contributed by atoms with Gasteiger partial charge in [0.25, 0.3) is 6.17 Å². The molecule has 7 heteroatoms. The van der Waals surface area contributed by atoms with E-state index in [4.69, 9.17) is 0 Å². The number of halogens is 6. The van der Waals surface area contributed by atoms with E-state index < -0.39 is 24.9 Å². The van der Waals surface area contributed by atoms with Gasteiger partial charge in [-0.05, 0) is 12.1 Å². The molecule has 96 valence electrons. The quantitative estimate of drug-likeness (QED) is 0.750. The molecule has 1 atom stereocenters. The maximum Gasteiger partial charge on any atom is 0.425 e. The molecular formula is C10H8F6O. The highest BCUT2D eigenvalue weighted by Gasteiger charge is 2.57. The SMILES string of the molecule is F[C@@H](C(F)(F)F)C(F)(F)COc1ccccc1. The first-order valence-electron chi connectivity index (χ1n) is 4.50. The fourth-order valence-corrected chi connectivity index (χ4v) is 1.01. The smallest absolute Gasteiger partial charge is 0.425 e. The third-order valence-corrected chi connectivity index (χ3v) is 1.83.